The first-order valence-corrected chi connectivity index (χ1v) is 12.9. The first kappa shape index (κ1) is 24.9. The van der Waals surface area contributed by atoms with E-state index >= 15 is 0 Å². The molecule has 190 valence electrons. The van der Waals surface area contributed by atoms with Gasteiger partial charge in [0.05, 0.1) is 18.9 Å². The Kier molecular flexibility index (Phi) is 6.95. The summed E-state index contributed by atoms with van der Waals surface area (Å²) < 4.78 is 7.60. The molecule has 3 heterocycles. The summed E-state index contributed by atoms with van der Waals surface area (Å²) in [5.74, 6) is -0.908. The largest absolute Gasteiger partial charge is 0.378 e. The van der Waals surface area contributed by atoms with Crippen molar-refractivity contribution >= 4 is 46.6 Å². The maximum Gasteiger partial charge on any atom is 0.270 e. The fourth-order valence-electron chi connectivity index (χ4n) is 5.02. The van der Waals surface area contributed by atoms with E-state index in [1.165, 1.54) is 10.6 Å². The van der Waals surface area contributed by atoms with Crippen LogP contribution in [-0.2, 0) is 20.7 Å². The second-order valence-electron chi connectivity index (χ2n) is 9.22. The Balaban J connectivity index is 1.47. The van der Waals surface area contributed by atoms with E-state index in [9.17, 15) is 9.59 Å². The van der Waals surface area contributed by atoms with Crippen LogP contribution in [0.4, 0.5) is 11.4 Å². The molecule has 2 aliphatic heterocycles. The molecule has 5 rings (SSSR count). The van der Waals surface area contributed by atoms with Gasteiger partial charge in [-0.15, -0.1) is 0 Å². The molecular weight excluding hydrogens is 484 g/mol. The summed E-state index contributed by atoms with van der Waals surface area (Å²) in [6.07, 6.45) is 2.41. The number of hydrogen-bond donors (Lipinski definition) is 1. The number of aromatic nitrogens is 1. The van der Waals surface area contributed by atoms with Crippen LogP contribution in [-0.4, -0.2) is 47.8 Å². The molecule has 2 aliphatic rings. The van der Waals surface area contributed by atoms with Gasteiger partial charge in [0, 0.05) is 35.9 Å². The maximum absolute atomic E-state index is 13.6. The number of nitrogens with one attached hydrogen (secondary N) is 1. The Labute approximate surface area is 222 Å². The predicted molar refractivity (Wildman–Crippen MR) is 150 cm³/mol. The molecule has 0 bridgehead atoms. The van der Waals surface area contributed by atoms with Crippen molar-refractivity contribution in [2.24, 2.45) is 0 Å². The third-order valence-corrected chi connectivity index (χ3v) is 7.25. The van der Waals surface area contributed by atoms with Gasteiger partial charge >= 0.3 is 0 Å². The molecule has 7 nitrogen and oxygen atoms in total. The highest BCUT2D eigenvalue weighted by atomic mass is 32.1. The van der Waals surface area contributed by atoms with Crippen molar-refractivity contribution in [3.8, 4) is 5.69 Å². The number of nitrogens with zero attached hydrogens (tertiary/aromatic N) is 3. The van der Waals surface area contributed by atoms with Crippen molar-refractivity contribution in [1.29, 1.82) is 0 Å². The number of anilines is 2. The molecule has 2 aromatic carbocycles. The monoisotopic (exact) mass is 514 g/mol. The van der Waals surface area contributed by atoms with Gasteiger partial charge in [0.15, 0.2) is 5.11 Å². The number of amides is 2. The van der Waals surface area contributed by atoms with Crippen LogP contribution in [0.3, 0.4) is 0 Å². The second-order valence-corrected chi connectivity index (χ2v) is 9.60. The minimum atomic E-state index is -0.486. The van der Waals surface area contributed by atoms with Crippen LogP contribution >= 0.6 is 12.2 Å². The summed E-state index contributed by atoms with van der Waals surface area (Å²) in [6, 6.07) is 18.0. The van der Waals surface area contributed by atoms with Gasteiger partial charge in [0.2, 0.25) is 0 Å². The lowest BCUT2D eigenvalue weighted by Gasteiger charge is -2.30. The number of ether oxygens (including phenoxy) is 1. The SMILES string of the molecule is CCc1ccccc1N1C(=O)/C(=C/c2cc(C)n(-c3ccc(N4CCOCC4)cc3)c2C)C(=O)NC1=S. The lowest BCUT2D eigenvalue weighted by atomic mass is 10.0. The van der Waals surface area contributed by atoms with Crippen molar-refractivity contribution in [3.63, 3.8) is 0 Å². The molecular formula is C29H30N4O3S. The lowest BCUT2D eigenvalue weighted by Crippen LogP contribution is -2.54. The number of aryl methyl sites for hydroxylation is 2. The van der Waals surface area contributed by atoms with Crippen LogP contribution in [0.25, 0.3) is 11.8 Å². The average Bonchev–Trinajstić information content (AvgIpc) is 3.19. The number of para-hydroxylation sites is 1. The summed E-state index contributed by atoms with van der Waals surface area (Å²) in [6.45, 7) is 9.30. The highest BCUT2D eigenvalue weighted by Gasteiger charge is 2.35. The normalized spacial score (nSPS) is 17.5. The van der Waals surface area contributed by atoms with Gasteiger partial charge < -0.3 is 14.2 Å². The van der Waals surface area contributed by atoms with E-state index in [2.05, 4.69) is 39.0 Å². The van der Waals surface area contributed by atoms with Crippen LogP contribution in [0.15, 0.2) is 60.2 Å². The van der Waals surface area contributed by atoms with E-state index in [0.29, 0.717) is 5.69 Å². The Morgan fingerprint density at radius 2 is 1.68 bits per heavy atom. The van der Waals surface area contributed by atoms with Crippen molar-refractivity contribution in [2.75, 3.05) is 36.1 Å². The summed E-state index contributed by atoms with van der Waals surface area (Å²) in [5.41, 5.74) is 6.69. The molecule has 0 saturated carbocycles. The molecule has 2 amide bonds. The van der Waals surface area contributed by atoms with Crippen molar-refractivity contribution in [1.82, 2.24) is 9.88 Å². The molecule has 2 saturated heterocycles. The summed E-state index contributed by atoms with van der Waals surface area (Å²) in [4.78, 5) is 30.2. The fourth-order valence-corrected chi connectivity index (χ4v) is 5.30. The lowest BCUT2D eigenvalue weighted by molar-refractivity contribution is -0.122. The van der Waals surface area contributed by atoms with Gasteiger partial charge in [-0.25, -0.2) is 0 Å². The Morgan fingerprint density at radius 1 is 1.00 bits per heavy atom. The van der Waals surface area contributed by atoms with Crippen molar-refractivity contribution in [3.05, 3.63) is 82.7 Å². The van der Waals surface area contributed by atoms with E-state index in [1.54, 1.807) is 6.08 Å². The number of carbonyl (C=O) groups is 2. The van der Waals surface area contributed by atoms with Gasteiger partial charge in [-0.2, -0.15) is 0 Å². The van der Waals surface area contributed by atoms with Gasteiger partial charge in [-0.3, -0.25) is 19.8 Å². The summed E-state index contributed by atoms with van der Waals surface area (Å²) in [7, 11) is 0. The summed E-state index contributed by atoms with van der Waals surface area (Å²) in [5, 5.41) is 2.80. The Morgan fingerprint density at radius 3 is 2.38 bits per heavy atom. The smallest absolute Gasteiger partial charge is 0.270 e. The highest BCUT2D eigenvalue weighted by Crippen LogP contribution is 2.29. The van der Waals surface area contributed by atoms with Crippen LogP contribution in [0, 0.1) is 13.8 Å². The third kappa shape index (κ3) is 4.70. The van der Waals surface area contributed by atoms with E-state index < -0.39 is 11.8 Å². The van der Waals surface area contributed by atoms with E-state index in [-0.39, 0.29) is 10.7 Å². The molecule has 0 aliphatic carbocycles. The zero-order valence-corrected chi connectivity index (χ0v) is 22.1. The van der Waals surface area contributed by atoms with Crippen LogP contribution in [0.5, 0.6) is 0 Å². The molecule has 0 unspecified atom stereocenters. The number of morpholine rings is 1. The predicted octanol–water partition coefficient (Wildman–Crippen LogP) is 4.32. The molecule has 37 heavy (non-hydrogen) atoms. The van der Waals surface area contributed by atoms with E-state index in [4.69, 9.17) is 17.0 Å². The van der Waals surface area contributed by atoms with Gasteiger partial charge in [0.1, 0.15) is 5.57 Å². The molecule has 1 N–H and O–H groups in total. The fraction of sp³-hybridized carbons (Fsp3) is 0.276. The molecule has 0 radical (unpaired) electrons. The van der Waals surface area contributed by atoms with E-state index in [1.807, 2.05) is 51.1 Å². The minimum absolute atomic E-state index is 0.0578. The summed E-state index contributed by atoms with van der Waals surface area (Å²) >= 11 is 5.39. The molecule has 0 atom stereocenters. The first-order valence-electron chi connectivity index (χ1n) is 12.5. The average molecular weight is 515 g/mol. The van der Waals surface area contributed by atoms with Gasteiger partial charge in [0.25, 0.3) is 11.8 Å². The number of benzene rings is 2. The van der Waals surface area contributed by atoms with Crippen LogP contribution in [0.1, 0.15) is 29.4 Å². The zero-order valence-electron chi connectivity index (χ0n) is 21.3. The molecule has 8 heteroatoms. The number of carbonyl (C=O) groups excluding carboxylic acids is 2. The molecule has 0 spiro atoms. The number of rotatable bonds is 5. The molecule has 3 aromatic rings. The molecule has 2 fully saturated rings. The van der Waals surface area contributed by atoms with Crippen LogP contribution in [0.2, 0.25) is 0 Å². The standard InChI is InChI=1S/C29H30N4O3S/c1-4-21-7-5-6-8-26(21)33-28(35)25(27(34)30-29(33)37)18-22-17-19(2)32(20(22)3)24-11-9-23(10-12-24)31-13-15-36-16-14-31/h5-12,17-18H,4,13-16H2,1-3H3,(H,30,34,37)/b25-18+. The zero-order chi connectivity index (χ0) is 26.1. The Hall–Kier alpha value is -3.75. The number of hydrogen-bond acceptors (Lipinski definition) is 5. The number of thiocarbonyl (C=S) groups is 1. The minimum Gasteiger partial charge on any atom is -0.378 e. The topological polar surface area (TPSA) is 66.8 Å². The van der Waals surface area contributed by atoms with Crippen LogP contribution < -0.4 is 15.1 Å². The molecule has 1 aromatic heterocycles. The maximum atomic E-state index is 13.6. The van der Waals surface area contributed by atoms with Crippen molar-refractivity contribution < 1.29 is 14.3 Å². The highest BCUT2D eigenvalue weighted by molar-refractivity contribution is 7.80. The van der Waals surface area contributed by atoms with E-state index in [0.717, 1.165) is 60.9 Å². The quantitative estimate of drug-likeness (QED) is 0.312. The second kappa shape index (κ2) is 10.3. The van der Waals surface area contributed by atoms with Crippen molar-refractivity contribution in [2.45, 2.75) is 27.2 Å². The third-order valence-electron chi connectivity index (χ3n) is 6.97. The Bertz CT molecular complexity index is 1400. The first-order chi connectivity index (χ1) is 17.9. The van der Waals surface area contributed by atoms with Gasteiger partial charge in [-0.1, -0.05) is 25.1 Å². The van der Waals surface area contributed by atoms with Gasteiger partial charge in [-0.05, 0) is 86.1 Å².